The highest BCUT2D eigenvalue weighted by Gasteiger charge is 2.29. The topological polar surface area (TPSA) is 112 Å². The van der Waals surface area contributed by atoms with Gasteiger partial charge in [-0.15, -0.1) is 11.3 Å². The average molecular weight is 458 g/mol. The van der Waals surface area contributed by atoms with Crippen LogP contribution in [0, 0.1) is 6.92 Å². The standard InChI is InChI=1S/C23H23NO7S/c1-11(2)29-22(27)17-13(5)18(23(28)30-12(3)4)32-20(17)24-19(25)15-10-14-8-6-7-9-16(14)31-21(15)26/h6-12H,1-5H3,(H,24,25). The van der Waals surface area contributed by atoms with Crippen molar-refractivity contribution in [3.05, 3.63) is 62.3 Å². The molecule has 2 aromatic heterocycles. The summed E-state index contributed by atoms with van der Waals surface area (Å²) in [7, 11) is 0. The largest absolute Gasteiger partial charge is 0.459 e. The number of nitrogens with one attached hydrogen (secondary N) is 1. The van der Waals surface area contributed by atoms with E-state index in [0.29, 0.717) is 16.5 Å². The maximum absolute atomic E-state index is 12.9. The zero-order chi connectivity index (χ0) is 23.6. The Bertz CT molecular complexity index is 1250. The minimum Gasteiger partial charge on any atom is -0.459 e. The van der Waals surface area contributed by atoms with Gasteiger partial charge in [-0.1, -0.05) is 18.2 Å². The molecule has 3 rings (SSSR count). The van der Waals surface area contributed by atoms with Gasteiger partial charge < -0.3 is 19.2 Å². The zero-order valence-corrected chi connectivity index (χ0v) is 19.1. The molecule has 0 radical (unpaired) electrons. The Hall–Kier alpha value is -3.46. The van der Waals surface area contributed by atoms with Gasteiger partial charge in [0.1, 0.15) is 21.0 Å². The lowest BCUT2D eigenvalue weighted by Crippen LogP contribution is -2.22. The minimum atomic E-state index is -0.819. The number of hydrogen-bond acceptors (Lipinski definition) is 8. The Balaban J connectivity index is 2.03. The van der Waals surface area contributed by atoms with Crippen LogP contribution in [0.4, 0.5) is 5.00 Å². The van der Waals surface area contributed by atoms with E-state index in [0.717, 1.165) is 11.3 Å². The van der Waals surface area contributed by atoms with E-state index in [1.165, 1.54) is 6.07 Å². The average Bonchev–Trinajstić information content (AvgIpc) is 3.02. The highest BCUT2D eigenvalue weighted by atomic mass is 32.1. The van der Waals surface area contributed by atoms with E-state index < -0.39 is 29.6 Å². The fraction of sp³-hybridized carbons (Fsp3) is 0.304. The molecule has 0 aliphatic carbocycles. The molecule has 168 valence electrons. The second-order valence-corrected chi connectivity index (χ2v) is 8.63. The SMILES string of the molecule is Cc1c(C(=O)OC(C)C)sc(NC(=O)c2cc3ccccc3oc2=O)c1C(=O)OC(C)C. The van der Waals surface area contributed by atoms with Crippen LogP contribution in [0.15, 0.2) is 39.5 Å². The van der Waals surface area contributed by atoms with E-state index in [1.807, 2.05) is 0 Å². The smallest absolute Gasteiger partial charge is 0.349 e. The summed E-state index contributed by atoms with van der Waals surface area (Å²) in [5, 5.41) is 3.22. The molecule has 0 aliphatic rings. The Kier molecular flexibility index (Phi) is 6.78. The molecule has 0 saturated heterocycles. The summed E-state index contributed by atoms with van der Waals surface area (Å²) in [6.07, 6.45) is -0.778. The summed E-state index contributed by atoms with van der Waals surface area (Å²) in [5.41, 5.74) is -0.338. The number of anilines is 1. The van der Waals surface area contributed by atoms with Crippen molar-refractivity contribution in [3.63, 3.8) is 0 Å². The number of thiophene rings is 1. The van der Waals surface area contributed by atoms with Crippen LogP contribution in [0.2, 0.25) is 0 Å². The van der Waals surface area contributed by atoms with Crippen LogP contribution in [-0.2, 0) is 9.47 Å². The van der Waals surface area contributed by atoms with Gasteiger partial charge in [-0.05, 0) is 52.3 Å². The zero-order valence-electron chi connectivity index (χ0n) is 18.3. The molecule has 0 unspecified atom stereocenters. The van der Waals surface area contributed by atoms with Crippen molar-refractivity contribution in [2.24, 2.45) is 0 Å². The number of hydrogen-bond donors (Lipinski definition) is 1. The van der Waals surface area contributed by atoms with E-state index in [-0.39, 0.29) is 27.1 Å². The number of fused-ring (bicyclic) bond motifs is 1. The number of carbonyl (C=O) groups is 3. The molecule has 0 saturated carbocycles. The lowest BCUT2D eigenvalue weighted by Gasteiger charge is -2.10. The first kappa shape index (κ1) is 23.2. The van der Waals surface area contributed by atoms with Crippen LogP contribution in [0.1, 0.15) is 63.6 Å². The van der Waals surface area contributed by atoms with E-state index in [1.54, 1.807) is 58.9 Å². The summed E-state index contributed by atoms with van der Waals surface area (Å²) >= 11 is 0.884. The summed E-state index contributed by atoms with van der Waals surface area (Å²) in [5.74, 6) is -2.09. The Morgan fingerprint density at radius 1 is 1.00 bits per heavy atom. The van der Waals surface area contributed by atoms with Gasteiger partial charge in [-0.3, -0.25) is 4.79 Å². The van der Waals surface area contributed by atoms with Gasteiger partial charge in [-0.25, -0.2) is 14.4 Å². The first-order chi connectivity index (χ1) is 15.1. The highest BCUT2D eigenvalue weighted by molar-refractivity contribution is 7.18. The fourth-order valence-electron chi connectivity index (χ4n) is 2.97. The van der Waals surface area contributed by atoms with Crippen molar-refractivity contribution < 1.29 is 28.3 Å². The number of benzene rings is 1. The van der Waals surface area contributed by atoms with Crippen LogP contribution in [0.25, 0.3) is 11.0 Å². The van der Waals surface area contributed by atoms with Gasteiger partial charge >= 0.3 is 17.6 Å². The summed E-state index contributed by atoms with van der Waals surface area (Å²) in [6, 6.07) is 8.20. The predicted molar refractivity (Wildman–Crippen MR) is 121 cm³/mol. The minimum absolute atomic E-state index is 0.0398. The molecule has 0 atom stereocenters. The first-order valence-corrected chi connectivity index (χ1v) is 10.8. The van der Waals surface area contributed by atoms with Gasteiger partial charge in [0.2, 0.25) is 0 Å². The Morgan fingerprint density at radius 2 is 1.62 bits per heavy atom. The van der Waals surface area contributed by atoms with E-state index in [4.69, 9.17) is 13.9 Å². The number of rotatable bonds is 6. The molecular formula is C23H23NO7S. The number of amides is 1. The van der Waals surface area contributed by atoms with Crippen molar-refractivity contribution in [2.45, 2.75) is 46.8 Å². The third kappa shape index (κ3) is 4.88. The van der Waals surface area contributed by atoms with Gasteiger partial charge in [0.15, 0.2) is 0 Å². The maximum atomic E-state index is 12.9. The monoisotopic (exact) mass is 457 g/mol. The van der Waals surface area contributed by atoms with Gasteiger partial charge in [0.25, 0.3) is 5.91 Å². The quantitative estimate of drug-likeness (QED) is 0.427. The molecule has 0 aliphatic heterocycles. The molecule has 9 heteroatoms. The molecule has 1 amide bonds. The fourth-order valence-corrected chi connectivity index (χ4v) is 4.05. The van der Waals surface area contributed by atoms with Crippen LogP contribution in [-0.4, -0.2) is 30.1 Å². The lowest BCUT2D eigenvalue weighted by molar-refractivity contribution is 0.0378. The number of esters is 2. The molecule has 1 N–H and O–H groups in total. The van der Waals surface area contributed by atoms with Gasteiger partial charge in [0.05, 0.1) is 17.8 Å². The summed E-state index contributed by atoms with van der Waals surface area (Å²) in [4.78, 5) is 50.6. The summed E-state index contributed by atoms with van der Waals surface area (Å²) < 4.78 is 15.7. The van der Waals surface area contributed by atoms with Crippen molar-refractivity contribution >= 4 is 45.2 Å². The van der Waals surface area contributed by atoms with E-state index in [9.17, 15) is 19.2 Å². The van der Waals surface area contributed by atoms with Crippen LogP contribution < -0.4 is 10.9 Å². The van der Waals surface area contributed by atoms with Crippen molar-refractivity contribution in [2.75, 3.05) is 5.32 Å². The molecule has 0 spiro atoms. The van der Waals surface area contributed by atoms with Crippen LogP contribution in [0.3, 0.4) is 0 Å². The molecule has 1 aromatic carbocycles. The van der Waals surface area contributed by atoms with Gasteiger partial charge in [-0.2, -0.15) is 0 Å². The summed E-state index contributed by atoms with van der Waals surface area (Å²) in [6.45, 7) is 8.36. The highest BCUT2D eigenvalue weighted by Crippen LogP contribution is 2.35. The van der Waals surface area contributed by atoms with Crippen LogP contribution in [0.5, 0.6) is 0 Å². The first-order valence-electron chi connectivity index (χ1n) is 9.98. The molecule has 0 fully saturated rings. The van der Waals surface area contributed by atoms with E-state index in [2.05, 4.69) is 5.32 Å². The number of ether oxygens (including phenoxy) is 2. The van der Waals surface area contributed by atoms with Crippen molar-refractivity contribution in [3.8, 4) is 0 Å². The van der Waals surface area contributed by atoms with Crippen LogP contribution >= 0.6 is 11.3 Å². The third-order valence-electron chi connectivity index (χ3n) is 4.33. The maximum Gasteiger partial charge on any atom is 0.349 e. The van der Waals surface area contributed by atoms with Gasteiger partial charge in [0, 0.05) is 5.39 Å². The van der Waals surface area contributed by atoms with E-state index >= 15 is 0 Å². The lowest BCUT2D eigenvalue weighted by atomic mass is 10.1. The normalized spacial score (nSPS) is 11.1. The Labute approximate surface area is 188 Å². The third-order valence-corrected chi connectivity index (χ3v) is 5.52. The second-order valence-electron chi connectivity index (χ2n) is 7.61. The number of para-hydroxylation sites is 1. The predicted octanol–water partition coefficient (Wildman–Crippen LogP) is 4.55. The van der Waals surface area contributed by atoms with Crippen molar-refractivity contribution in [1.29, 1.82) is 0 Å². The Morgan fingerprint density at radius 3 is 2.28 bits per heavy atom. The molecule has 3 aromatic rings. The second kappa shape index (κ2) is 9.35. The molecule has 2 heterocycles. The molecule has 8 nitrogen and oxygen atoms in total. The molecule has 32 heavy (non-hydrogen) atoms. The van der Waals surface area contributed by atoms with Crippen molar-refractivity contribution in [1.82, 2.24) is 0 Å². The number of carbonyl (C=O) groups excluding carboxylic acids is 3. The molecule has 0 bridgehead atoms. The molecular weight excluding hydrogens is 434 g/mol.